The Morgan fingerprint density at radius 3 is 2.96 bits per heavy atom. The molecule has 0 aromatic carbocycles. The van der Waals surface area contributed by atoms with Gasteiger partial charge in [0.2, 0.25) is 0 Å². The number of piperidine rings is 1. The zero-order valence-corrected chi connectivity index (χ0v) is 14.1. The van der Waals surface area contributed by atoms with Crippen LogP contribution < -0.4 is 5.32 Å². The van der Waals surface area contributed by atoms with E-state index in [1.807, 2.05) is 0 Å². The highest BCUT2D eigenvalue weighted by Crippen LogP contribution is 2.19. The number of aromatic amines is 1. The minimum atomic E-state index is -0.157. The molecule has 2 N–H and O–H groups in total. The van der Waals surface area contributed by atoms with Crippen LogP contribution in [0.3, 0.4) is 0 Å². The van der Waals surface area contributed by atoms with E-state index in [2.05, 4.69) is 42.9 Å². The van der Waals surface area contributed by atoms with Crippen molar-refractivity contribution >= 4 is 17.2 Å². The normalized spacial score (nSPS) is 16.6. The quantitative estimate of drug-likeness (QED) is 0.835. The summed E-state index contributed by atoms with van der Waals surface area (Å²) in [6, 6.07) is 0. The van der Waals surface area contributed by atoms with Gasteiger partial charge in [-0.3, -0.25) is 9.69 Å². The van der Waals surface area contributed by atoms with Crippen LogP contribution in [0.1, 0.15) is 41.0 Å². The van der Waals surface area contributed by atoms with Gasteiger partial charge in [0.1, 0.15) is 0 Å². The fourth-order valence-electron chi connectivity index (χ4n) is 2.80. The largest absolute Gasteiger partial charge is 0.350 e. The SMILES string of the molecule is CCc1nc(CN2CCC(CNC(=O)c3cn[nH]n3)CC2)cs1. The van der Waals surface area contributed by atoms with E-state index >= 15 is 0 Å². The number of carbonyl (C=O) groups is 1. The van der Waals surface area contributed by atoms with Gasteiger partial charge in [0.05, 0.1) is 16.9 Å². The van der Waals surface area contributed by atoms with Crippen molar-refractivity contribution in [2.24, 2.45) is 5.92 Å². The van der Waals surface area contributed by atoms with Crippen molar-refractivity contribution in [2.75, 3.05) is 19.6 Å². The monoisotopic (exact) mass is 334 g/mol. The average Bonchev–Trinajstić information content (AvgIpc) is 3.25. The van der Waals surface area contributed by atoms with Gasteiger partial charge < -0.3 is 5.32 Å². The van der Waals surface area contributed by atoms with Crippen LogP contribution in [0.4, 0.5) is 0 Å². The first-order valence-electron chi connectivity index (χ1n) is 8.04. The molecule has 0 aliphatic carbocycles. The number of rotatable bonds is 6. The molecule has 0 radical (unpaired) electrons. The van der Waals surface area contributed by atoms with E-state index in [4.69, 9.17) is 0 Å². The molecule has 0 atom stereocenters. The van der Waals surface area contributed by atoms with Gasteiger partial charge in [-0.2, -0.15) is 15.4 Å². The molecule has 0 spiro atoms. The van der Waals surface area contributed by atoms with E-state index in [9.17, 15) is 4.79 Å². The third-order valence-corrected chi connectivity index (χ3v) is 5.24. The van der Waals surface area contributed by atoms with Gasteiger partial charge in [-0.1, -0.05) is 6.92 Å². The molecule has 0 bridgehead atoms. The summed E-state index contributed by atoms with van der Waals surface area (Å²) in [5, 5.41) is 16.2. The van der Waals surface area contributed by atoms with E-state index in [0.717, 1.165) is 38.9 Å². The van der Waals surface area contributed by atoms with Gasteiger partial charge in [0.25, 0.3) is 5.91 Å². The Hall–Kier alpha value is -1.80. The molecule has 2 aromatic rings. The molecular formula is C15H22N6OS. The van der Waals surface area contributed by atoms with Crippen molar-refractivity contribution in [3.63, 3.8) is 0 Å². The number of H-pyrrole nitrogens is 1. The maximum atomic E-state index is 11.8. The molecule has 3 rings (SSSR count). The molecule has 3 heterocycles. The van der Waals surface area contributed by atoms with Crippen LogP contribution in [-0.2, 0) is 13.0 Å². The van der Waals surface area contributed by atoms with Gasteiger partial charge in [-0.05, 0) is 38.3 Å². The molecule has 1 amide bonds. The zero-order valence-electron chi connectivity index (χ0n) is 13.3. The second kappa shape index (κ2) is 7.65. The molecule has 7 nitrogen and oxygen atoms in total. The fraction of sp³-hybridized carbons (Fsp3) is 0.600. The Labute approximate surface area is 139 Å². The molecular weight excluding hydrogens is 312 g/mol. The molecule has 1 aliphatic heterocycles. The van der Waals surface area contributed by atoms with Gasteiger partial charge in [-0.25, -0.2) is 4.98 Å². The van der Waals surface area contributed by atoms with Crippen LogP contribution in [0.2, 0.25) is 0 Å². The summed E-state index contributed by atoms with van der Waals surface area (Å²) in [4.78, 5) is 18.9. The van der Waals surface area contributed by atoms with Gasteiger partial charge >= 0.3 is 0 Å². The van der Waals surface area contributed by atoms with Crippen LogP contribution in [0.15, 0.2) is 11.6 Å². The second-order valence-corrected chi connectivity index (χ2v) is 6.81. The number of likely N-dealkylation sites (tertiary alicyclic amines) is 1. The molecule has 0 saturated carbocycles. The van der Waals surface area contributed by atoms with Gasteiger partial charge in [0.15, 0.2) is 5.69 Å². The molecule has 124 valence electrons. The van der Waals surface area contributed by atoms with Crippen molar-refractivity contribution in [1.82, 2.24) is 30.6 Å². The first-order valence-corrected chi connectivity index (χ1v) is 8.92. The lowest BCUT2D eigenvalue weighted by Gasteiger charge is -2.31. The van der Waals surface area contributed by atoms with E-state index < -0.39 is 0 Å². The first kappa shape index (κ1) is 16.1. The number of carbonyl (C=O) groups excluding carboxylic acids is 1. The van der Waals surface area contributed by atoms with Crippen molar-refractivity contribution in [3.05, 3.63) is 28.0 Å². The Morgan fingerprint density at radius 2 is 2.30 bits per heavy atom. The first-order chi connectivity index (χ1) is 11.2. The number of hydrogen-bond acceptors (Lipinski definition) is 6. The van der Waals surface area contributed by atoms with Crippen LogP contribution in [-0.4, -0.2) is 50.8 Å². The summed E-state index contributed by atoms with van der Waals surface area (Å²) >= 11 is 1.75. The number of aryl methyl sites for hydroxylation is 1. The third kappa shape index (κ3) is 4.35. The lowest BCUT2D eigenvalue weighted by atomic mass is 9.96. The zero-order chi connectivity index (χ0) is 16.1. The lowest BCUT2D eigenvalue weighted by Crippen LogP contribution is -2.38. The molecule has 2 aromatic heterocycles. The number of thiazole rings is 1. The standard InChI is InChI=1S/C15H22N6OS/c1-2-14-18-12(10-23-14)9-21-5-3-11(4-6-21)7-16-15(22)13-8-17-20-19-13/h8,10-11H,2-7,9H2,1H3,(H,16,22)(H,17,19,20). The Morgan fingerprint density at radius 1 is 1.48 bits per heavy atom. The summed E-state index contributed by atoms with van der Waals surface area (Å²) in [5.41, 5.74) is 1.53. The van der Waals surface area contributed by atoms with Gasteiger partial charge in [-0.15, -0.1) is 11.3 Å². The second-order valence-electron chi connectivity index (χ2n) is 5.87. The highest BCUT2D eigenvalue weighted by molar-refractivity contribution is 7.09. The van der Waals surface area contributed by atoms with Crippen molar-refractivity contribution < 1.29 is 4.79 Å². The Balaban J connectivity index is 1.39. The van der Waals surface area contributed by atoms with Gasteiger partial charge in [0, 0.05) is 18.5 Å². The number of nitrogens with one attached hydrogen (secondary N) is 2. The van der Waals surface area contributed by atoms with Crippen LogP contribution in [0, 0.1) is 5.92 Å². The summed E-state index contributed by atoms with van der Waals surface area (Å²) < 4.78 is 0. The highest BCUT2D eigenvalue weighted by atomic mass is 32.1. The number of amides is 1. The lowest BCUT2D eigenvalue weighted by molar-refractivity contribution is 0.0930. The summed E-state index contributed by atoms with van der Waals surface area (Å²) in [6.07, 6.45) is 4.65. The Bertz CT molecular complexity index is 618. The average molecular weight is 334 g/mol. The van der Waals surface area contributed by atoms with Crippen molar-refractivity contribution in [3.8, 4) is 0 Å². The van der Waals surface area contributed by atoms with E-state index in [0.29, 0.717) is 18.2 Å². The van der Waals surface area contributed by atoms with E-state index in [-0.39, 0.29) is 5.91 Å². The summed E-state index contributed by atoms with van der Waals surface area (Å²) in [6.45, 7) is 5.90. The minimum Gasteiger partial charge on any atom is -0.350 e. The molecule has 1 saturated heterocycles. The van der Waals surface area contributed by atoms with Crippen molar-refractivity contribution in [1.29, 1.82) is 0 Å². The summed E-state index contributed by atoms with van der Waals surface area (Å²) in [7, 11) is 0. The van der Waals surface area contributed by atoms with E-state index in [1.165, 1.54) is 16.9 Å². The van der Waals surface area contributed by atoms with E-state index in [1.54, 1.807) is 11.3 Å². The maximum absolute atomic E-state index is 11.8. The fourth-order valence-corrected chi connectivity index (χ4v) is 3.54. The summed E-state index contributed by atoms with van der Waals surface area (Å²) in [5.74, 6) is 0.375. The smallest absolute Gasteiger partial charge is 0.273 e. The molecule has 23 heavy (non-hydrogen) atoms. The van der Waals surface area contributed by atoms with Crippen LogP contribution in [0.25, 0.3) is 0 Å². The predicted molar refractivity (Wildman–Crippen MR) is 88.2 cm³/mol. The molecule has 0 unspecified atom stereocenters. The molecule has 1 aliphatic rings. The number of nitrogens with zero attached hydrogens (tertiary/aromatic N) is 4. The molecule has 1 fully saturated rings. The number of aromatic nitrogens is 4. The van der Waals surface area contributed by atoms with Crippen LogP contribution in [0.5, 0.6) is 0 Å². The molecule has 8 heteroatoms. The Kier molecular flexibility index (Phi) is 5.35. The topological polar surface area (TPSA) is 86.8 Å². The minimum absolute atomic E-state index is 0.157. The number of hydrogen-bond donors (Lipinski definition) is 2. The maximum Gasteiger partial charge on any atom is 0.273 e. The highest BCUT2D eigenvalue weighted by Gasteiger charge is 2.21. The predicted octanol–water partition coefficient (Wildman–Crippen LogP) is 1.47. The van der Waals surface area contributed by atoms with Crippen LogP contribution >= 0.6 is 11.3 Å². The van der Waals surface area contributed by atoms with Crippen molar-refractivity contribution in [2.45, 2.75) is 32.7 Å². The third-order valence-electron chi connectivity index (χ3n) is 4.19.